The fourth-order valence-electron chi connectivity index (χ4n) is 7.81. The molecule has 278 valence electrons. The Morgan fingerprint density at radius 3 is 1.14 bits per heavy atom. The monoisotopic (exact) mass is 743 g/mol. The summed E-state index contributed by atoms with van der Waals surface area (Å²) in [5, 5.41) is 0. The maximum atomic E-state index is 2.44. The fraction of sp³-hybridized carbons (Fsp3) is 0.0526. The lowest BCUT2D eigenvalue weighted by atomic mass is 9.94. The zero-order valence-electron chi connectivity index (χ0n) is 33.2. The quantitative estimate of drug-likeness (QED) is 0.140. The summed E-state index contributed by atoms with van der Waals surface area (Å²) in [5.41, 5.74) is 21.3. The topological polar surface area (TPSA) is 3.24 Å². The molecule has 0 aromatic heterocycles. The average Bonchev–Trinajstić information content (AvgIpc) is 3.42. The van der Waals surface area contributed by atoms with E-state index in [1.807, 2.05) is 0 Å². The SMILES string of the molecule is Cc1ccc(C(=Cc2ccc3c(c2)N(c2ccc(-c4ccc(C)cc4)cc2)c2cc(C=C(c4ccccc4)c4ccc(C)cc4)ccc2C=C3)c2ccccc2)cc1. The maximum Gasteiger partial charge on any atom is 0.0540 e. The van der Waals surface area contributed by atoms with E-state index < -0.39 is 0 Å². The van der Waals surface area contributed by atoms with Gasteiger partial charge in [0.2, 0.25) is 0 Å². The van der Waals surface area contributed by atoms with Crippen LogP contribution in [0.5, 0.6) is 0 Å². The molecule has 1 heteroatoms. The number of fused-ring (bicyclic) bond motifs is 2. The lowest BCUT2D eigenvalue weighted by Gasteiger charge is -2.28. The van der Waals surface area contributed by atoms with Crippen LogP contribution in [0.15, 0.2) is 194 Å². The number of benzene rings is 8. The molecule has 0 aliphatic carbocycles. The average molecular weight is 744 g/mol. The molecule has 0 amide bonds. The summed E-state index contributed by atoms with van der Waals surface area (Å²) in [6.45, 7) is 6.42. The van der Waals surface area contributed by atoms with Crippen LogP contribution in [0.2, 0.25) is 0 Å². The third-order valence-corrected chi connectivity index (χ3v) is 11.1. The molecule has 0 N–H and O–H groups in total. The van der Waals surface area contributed by atoms with Crippen LogP contribution in [0.25, 0.3) is 46.6 Å². The summed E-state index contributed by atoms with van der Waals surface area (Å²) in [7, 11) is 0. The van der Waals surface area contributed by atoms with E-state index in [-0.39, 0.29) is 0 Å². The van der Waals surface area contributed by atoms with Gasteiger partial charge in [0.15, 0.2) is 0 Å². The highest BCUT2D eigenvalue weighted by Gasteiger charge is 2.22. The number of aryl methyl sites for hydroxylation is 3. The highest BCUT2D eigenvalue weighted by molar-refractivity contribution is 5.98. The third-order valence-electron chi connectivity index (χ3n) is 11.1. The number of rotatable bonds is 8. The second kappa shape index (κ2) is 16.1. The van der Waals surface area contributed by atoms with E-state index in [1.165, 1.54) is 61.2 Å². The van der Waals surface area contributed by atoms with Crippen molar-refractivity contribution in [2.75, 3.05) is 4.90 Å². The lowest BCUT2D eigenvalue weighted by Crippen LogP contribution is -2.12. The zero-order chi connectivity index (χ0) is 39.4. The Bertz CT molecular complexity index is 2630. The molecular weight excluding hydrogens is 699 g/mol. The second-order valence-corrected chi connectivity index (χ2v) is 15.3. The Morgan fingerprint density at radius 1 is 0.362 bits per heavy atom. The van der Waals surface area contributed by atoms with E-state index in [0.29, 0.717) is 0 Å². The van der Waals surface area contributed by atoms with Gasteiger partial charge in [0.05, 0.1) is 11.4 Å². The molecule has 0 radical (unpaired) electrons. The van der Waals surface area contributed by atoms with Crippen molar-refractivity contribution in [1.82, 2.24) is 0 Å². The first-order chi connectivity index (χ1) is 28.4. The third kappa shape index (κ3) is 7.76. The van der Waals surface area contributed by atoms with Gasteiger partial charge in [0.25, 0.3) is 0 Å². The Balaban J connectivity index is 1.21. The minimum absolute atomic E-state index is 1.10. The van der Waals surface area contributed by atoms with Crippen LogP contribution in [0, 0.1) is 20.8 Å². The molecule has 9 rings (SSSR count). The molecule has 0 bridgehead atoms. The molecule has 0 saturated carbocycles. The smallest absolute Gasteiger partial charge is 0.0540 e. The van der Waals surface area contributed by atoms with Gasteiger partial charge in [0.1, 0.15) is 0 Å². The molecule has 0 atom stereocenters. The summed E-state index contributed by atoms with van der Waals surface area (Å²) in [5.74, 6) is 0. The molecule has 0 saturated heterocycles. The van der Waals surface area contributed by atoms with Gasteiger partial charge in [-0.3, -0.25) is 0 Å². The number of anilines is 3. The standard InChI is InChI=1S/C57H45N/c1-40-14-22-45(23-15-40)46-32-34-53(35-33-46)58-56-38-43(36-54(47-10-6-4-7-11-47)49-24-16-41(2)17-25-49)20-28-51(56)30-31-52-29-21-44(39-57(52)58)37-55(48-12-8-5-9-13-48)50-26-18-42(3)19-27-50/h4-39H,1-3H3. The summed E-state index contributed by atoms with van der Waals surface area (Å²) in [6, 6.07) is 70.7. The van der Waals surface area contributed by atoms with Crippen LogP contribution in [0.1, 0.15) is 61.2 Å². The van der Waals surface area contributed by atoms with Crippen molar-refractivity contribution in [3.05, 3.63) is 255 Å². The molecule has 1 nitrogen and oxygen atoms in total. The molecule has 58 heavy (non-hydrogen) atoms. The van der Waals surface area contributed by atoms with Gasteiger partial charge in [0, 0.05) is 5.69 Å². The van der Waals surface area contributed by atoms with E-state index in [0.717, 1.165) is 39.3 Å². The predicted molar refractivity (Wildman–Crippen MR) is 249 cm³/mol. The Kier molecular flexibility index (Phi) is 10.1. The van der Waals surface area contributed by atoms with Gasteiger partial charge in [-0.2, -0.15) is 0 Å². The Morgan fingerprint density at radius 2 is 0.724 bits per heavy atom. The summed E-state index contributed by atoms with van der Waals surface area (Å²) in [6.07, 6.45) is 9.19. The number of nitrogens with zero attached hydrogens (tertiary/aromatic N) is 1. The molecule has 1 aliphatic rings. The highest BCUT2D eigenvalue weighted by atomic mass is 15.1. The van der Waals surface area contributed by atoms with E-state index in [4.69, 9.17) is 0 Å². The van der Waals surface area contributed by atoms with Crippen molar-refractivity contribution in [1.29, 1.82) is 0 Å². The lowest BCUT2D eigenvalue weighted by molar-refractivity contribution is 1.27. The maximum absolute atomic E-state index is 2.44. The van der Waals surface area contributed by atoms with Crippen LogP contribution in [0.4, 0.5) is 17.1 Å². The van der Waals surface area contributed by atoms with E-state index in [2.05, 4.69) is 244 Å². The predicted octanol–water partition coefficient (Wildman–Crippen LogP) is 15.4. The van der Waals surface area contributed by atoms with Gasteiger partial charge in [-0.1, -0.05) is 199 Å². The van der Waals surface area contributed by atoms with Gasteiger partial charge >= 0.3 is 0 Å². The fourth-order valence-corrected chi connectivity index (χ4v) is 7.81. The van der Waals surface area contributed by atoms with Gasteiger partial charge < -0.3 is 4.90 Å². The molecule has 1 heterocycles. The van der Waals surface area contributed by atoms with Gasteiger partial charge in [-0.25, -0.2) is 0 Å². The van der Waals surface area contributed by atoms with E-state index in [1.54, 1.807) is 0 Å². The molecule has 8 aromatic rings. The summed E-state index contributed by atoms with van der Waals surface area (Å²) < 4.78 is 0. The zero-order valence-corrected chi connectivity index (χ0v) is 33.2. The minimum atomic E-state index is 1.10. The van der Waals surface area contributed by atoms with Crippen molar-refractivity contribution in [2.24, 2.45) is 0 Å². The van der Waals surface area contributed by atoms with Gasteiger partial charge in [-0.05, 0) is 124 Å². The molecule has 1 aliphatic heterocycles. The first kappa shape index (κ1) is 36.4. The van der Waals surface area contributed by atoms with Crippen molar-refractivity contribution in [3.8, 4) is 11.1 Å². The van der Waals surface area contributed by atoms with Crippen molar-refractivity contribution < 1.29 is 0 Å². The molecule has 0 spiro atoms. The van der Waals surface area contributed by atoms with Crippen LogP contribution < -0.4 is 4.90 Å². The molecule has 0 fully saturated rings. The largest absolute Gasteiger partial charge is 0.309 e. The van der Waals surface area contributed by atoms with Crippen molar-refractivity contribution >= 4 is 52.5 Å². The normalized spacial score (nSPS) is 12.5. The van der Waals surface area contributed by atoms with Crippen molar-refractivity contribution in [3.63, 3.8) is 0 Å². The van der Waals surface area contributed by atoms with Crippen LogP contribution in [-0.4, -0.2) is 0 Å². The van der Waals surface area contributed by atoms with E-state index >= 15 is 0 Å². The molecular formula is C57H45N. The highest BCUT2D eigenvalue weighted by Crippen LogP contribution is 2.44. The minimum Gasteiger partial charge on any atom is -0.309 e. The van der Waals surface area contributed by atoms with Gasteiger partial charge in [-0.15, -0.1) is 0 Å². The van der Waals surface area contributed by atoms with E-state index in [9.17, 15) is 0 Å². The number of hydrogen-bond acceptors (Lipinski definition) is 1. The van der Waals surface area contributed by atoms with Crippen LogP contribution in [-0.2, 0) is 0 Å². The second-order valence-electron chi connectivity index (χ2n) is 15.3. The van der Waals surface area contributed by atoms with Crippen molar-refractivity contribution in [2.45, 2.75) is 20.8 Å². The van der Waals surface area contributed by atoms with Crippen LogP contribution in [0.3, 0.4) is 0 Å². The first-order valence-electron chi connectivity index (χ1n) is 20.1. The Labute approximate surface area is 343 Å². The molecule has 0 unspecified atom stereocenters. The summed E-state index contributed by atoms with van der Waals surface area (Å²) >= 11 is 0. The van der Waals surface area contributed by atoms with Crippen LogP contribution >= 0.6 is 0 Å². The Hall–Kier alpha value is -7.22. The molecule has 8 aromatic carbocycles. The summed E-state index contributed by atoms with van der Waals surface area (Å²) in [4.78, 5) is 2.44. The first-order valence-corrected chi connectivity index (χ1v) is 20.1. The number of hydrogen-bond donors (Lipinski definition) is 0.